The highest BCUT2D eigenvalue weighted by Crippen LogP contribution is 2.15. The SMILES string of the molecule is CCC[C@H](CO)C(C)C. The van der Waals surface area contributed by atoms with Crippen LogP contribution in [0.2, 0.25) is 0 Å². The molecule has 1 N–H and O–H groups in total. The molecule has 0 saturated carbocycles. The highest BCUT2D eigenvalue weighted by molar-refractivity contribution is 4.59. The van der Waals surface area contributed by atoms with Crippen LogP contribution in [0.5, 0.6) is 0 Å². The van der Waals surface area contributed by atoms with Crippen molar-refractivity contribution < 1.29 is 5.11 Å². The Hall–Kier alpha value is -0.0400. The molecule has 0 heterocycles. The van der Waals surface area contributed by atoms with E-state index in [4.69, 9.17) is 5.11 Å². The summed E-state index contributed by atoms with van der Waals surface area (Å²) in [6, 6.07) is 0. The predicted molar refractivity (Wildman–Crippen MR) is 40.3 cm³/mol. The molecular formula is C8H18O. The molecular weight excluding hydrogens is 112 g/mol. The van der Waals surface area contributed by atoms with Crippen LogP contribution < -0.4 is 0 Å². The molecule has 1 heteroatoms. The standard InChI is InChI=1S/C8H18O/c1-4-5-8(6-9)7(2)3/h7-9H,4-6H2,1-3H3/t8-/m1/s1. The van der Waals surface area contributed by atoms with Crippen LogP contribution in [0.25, 0.3) is 0 Å². The van der Waals surface area contributed by atoms with Crippen molar-refractivity contribution in [2.75, 3.05) is 6.61 Å². The van der Waals surface area contributed by atoms with Crippen molar-refractivity contribution in [1.29, 1.82) is 0 Å². The van der Waals surface area contributed by atoms with E-state index in [1.165, 1.54) is 6.42 Å². The van der Waals surface area contributed by atoms with Gasteiger partial charge in [0, 0.05) is 6.61 Å². The Morgan fingerprint density at radius 2 is 1.89 bits per heavy atom. The molecule has 0 radical (unpaired) electrons. The Balaban J connectivity index is 3.41. The molecule has 0 unspecified atom stereocenters. The van der Waals surface area contributed by atoms with E-state index in [0.717, 1.165) is 6.42 Å². The molecule has 9 heavy (non-hydrogen) atoms. The number of hydrogen-bond donors (Lipinski definition) is 1. The zero-order chi connectivity index (χ0) is 7.28. The van der Waals surface area contributed by atoms with E-state index in [2.05, 4.69) is 20.8 Å². The zero-order valence-electron chi connectivity index (χ0n) is 6.72. The molecule has 1 nitrogen and oxygen atoms in total. The summed E-state index contributed by atoms with van der Waals surface area (Å²) < 4.78 is 0. The summed E-state index contributed by atoms with van der Waals surface area (Å²) in [5.41, 5.74) is 0. The quantitative estimate of drug-likeness (QED) is 0.617. The molecule has 0 bridgehead atoms. The normalized spacial score (nSPS) is 14.3. The van der Waals surface area contributed by atoms with Gasteiger partial charge >= 0.3 is 0 Å². The van der Waals surface area contributed by atoms with E-state index in [1.54, 1.807) is 0 Å². The van der Waals surface area contributed by atoms with Crippen LogP contribution in [0.1, 0.15) is 33.6 Å². The van der Waals surface area contributed by atoms with Crippen molar-refractivity contribution in [2.24, 2.45) is 11.8 Å². The van der Waals surface area contributed by atoms with Gasteiger partial charge in [-0.25, -0.2) is 0 Å². The molecule has 1 atom stereocenters. The van der Waals surface area contributed by atoms with E-state index >= 15 is 0 Å². The van der Waals surface area contributed by atoms with Crippen molar-refractivity contribution in [3.8, 4) is 0 Å². The largest absolute Gasteiger partial charge is 0.396 e. The summed E-state index contributed by atoms with van der Waals surface area (Å²) >= 11 is 0. The molecule has 0 aromatic carbocycles. The molecule has 0 aliphatic carbocycles. The Labute approximate surface area is 58.1 Å². The number of hydrogen-bond acceptors (Lipinski definition) is 1. The van der Waals surface area contributed by atoms with E-state index in [0.29, 0.717) is 18.4 Å². The molecule has 0 saturated heterocycles. The van der Waals surface area contributed by atoms with Crippen LogP contribution in [0.4, 0.5) is 0 Å². The van der Waals surface area contributed by atoms with E-state index in [1.807, 2.05) is 0 Å². The first-order valence-electron chi connectivity index (χ1n) is 3.83. The molecule has 0 fully saturated rings. The van der Waals surface area contributed by atoms with E-state index in [-0.39, 0.29) is 0 Å². The molecule has 0 aliphatic heterocycles. The first kappa shape index (κ1) is 8.96. The third kappa shape index (κ3) is 3.52. The zero-order valence-corrected chi connectivity index (χ0v) is 6.72. The van der Waals surface area contributed by atoms with Crippen molar-refractivity contribution in [3.63, 3.8) is 0 Å². The lowest BCUT2D eigenvalue weighted by molar-refractivity contribution is 0.180. The lowest BCUT2D eigenvalue weighted by atomic mass is 9.92. The van der Waals surface area contributed by atoms with Gasteiger partial charge in [0.25, 0.3) is 0 Å². The topological polar surface area (TPSA) is 20.2 Å². The lowest BCUT2D eigenvalue weighted by Gasteiger charge is -2.16. The first-order chi connectivity index (χ1) is 4.22. The van der Waals surface area contributed by atoms with Gasteiger partial charge in [-0.15, -0.1) is 0 Å². The van der Waals surface area contributed by atoms with Crippen LogP contribution >= 0.6 is 0 Å². The van der Waals surface area contributed by atoms with Crippen LogP contribution in [-0.4, -0.2) is 11.7 Å². The third-order valence-electron chi connectivity index (χ3n) is 1.84. The van der Waals surface area contributed by atoms with Crippen molar-refractivity contribution >= 4 is 0 Å². The van der Waals surface area contributed by atoms with Crippen LogP contribution in [0.3, 0.4) is 0 Å². The maximum absolute atomic E-state index is 8.83. The second-order valence-corrected chi connectivity index (χ2v) is 2.98. The van der Waals surface area contributed by atoms with Crippen LogP contribution in [-0.2, 0) is 0 Å². The second kappa shape index (κ2) is 4.80. The summed E-state index contributed by atoms with van der Waals surface area (Å²) in [7, 11) is 0. The van der Waals surface area contributed by atoms with Gasteiger partial charge in [0.1, 0.15) is 0 Å². The Bertz CT molecular complexity index is 59.6. The highest BCUT2D eigenvalue weighted by Gasteiger charge is 2.09. The molecule has 0 amide bonds. The minimum Gasteiger partial charge on any atom is -0.396 e. The Kier molecular flexibility index (Phi) is 4.78. The third-order valence-corrected chi connectivity index (χ3v) is 1.84. The molecule has 56 valence electrons. The van der Waals surface area contributed by atoms with Gasteiger partial charge in [-0.1, -0.05) is 27.2 Å². The summed E-state index contributed by atoms with van der Waals surface area (Å²) in [5.74, 6) is 1.16. The maximum Gasteiger partial charge on any atom is 0.0461 e. The Morgan fingerprint density at radius 3 is 2.00 bits per heavy atom. The summed E-state index contributed by atoms with van der Waals surface area (Å²) in [4.78, 5) is 0. The average molecular weight is 130 g/mol. The van der Waals surface area contributed by atoms with Crippen LogP contribution in [0.15, 0.2) is 0 Å². The Morgan fingerprint density at radius 1 is 1.33 bits per heavy atom. The first-order valence-corrected chi connectivity index (χ1v) is 3.83. The highest BCUT2D eigenvalue weighted by atomic mass is 16.3. The van der Waals surface area contributed by atoms with Gasteiger partial charge < -0.3 is 5.11 Å². The van der Waals surface area contributed by atoms with Crippen molar-refractivity contribution in [2.45, 2.75) is 33.6 Å². The fourth-order valence-corrected chi connectivity index (χ4v) is 1.01. The van der Waals surface area contributed by atoms with E-state index < -0.39 is 0 Å². The number of aliphatic hydroxyl groups excluding tert-OH is 1. The molecule has 0 aromatic heterocycles. The minimum atomic E-state index is 0.353. The van der Waals surface area contributed by atoms with Gasteiger partial charge in [0.15, 0.2) is 0 Å². The molecule has 0 rings (SSSR count). The predicted octanol–water partition coefficient (Wildman–Crippen LogP) is 2.05. The van der Waals surface area contributed by atoms with Crippen molar-refractivity contribution in [1.82, 2.24) is 0 Å². The van der Waals surface area contributed by atoms with Gasteiger partial charge in [-0.3, -0.25) is 0 Å². The number of aliphatic hydroxyl groups is 1. The summed E-state index contributed by atoms with van der Waals surface area (Å²) in [6.45, 7) is 6.84. The number of rotatable bonds is 4. The molecule has 0 aliphatic rings. The maximum atomic E-state index is 8.83. The van der Waals surface area contributed by atoms with Gasteiger partial charge in [0.2, 0.25) is 0 Å². The lowest BCUT2D eigenvalue weighted by Crippen LogP contribution is -2.12. The average Bonchev–Trinajstić information content (AvgIpc) is 1.82. The van der Waals surface area contributed by atoms with E-state index in [9.17, 15) is 0 Å². The summed E-state index contributed by atoms with van der Waals surface area (Å²) in [5, 5.41) is 8.83. The van der Waals surface area contributed by atoms with Gasteiger partial charge in [-0.2, -0.15) is 0 Å². The smallest absolute Gasteiger partial charge is 0.0461 e. The molecule has 0 aromatic rings. The monoisotopic (exact) mass is 130 g/mol. The fourth-order valence-electron chi connectivity index (χ4n) is 1.01. The second-order valence-electron chi connectivity index (χ2n) is 2.98. The fraction of sp³-hybridized carbons (Fsp3) is 1.00. The van der Waals surface area contributed by atoms with Gasteiger partial charge in [-0.05, 0) is 18.3 Å². The van der Waals surface area contributed by atoms with Crippen LogP contribution in [0, 0.1) is 11.8 Å². The van der Waals surface area contributed by atoms with Crippen molar-refractivity contribution in [3.05, 3.63) is 0 Å². The summed E-state index contributed by atoms with van der Waals surface area (Å²) in [6.07, 6.45) is 2.34. The minimum absolute atomic E-state index is 0.353. The van der Waals surface area contributed by atoms with Gasteiger partial charge in [0.05, 0.1) is 0 Å². The molecule has 0 spiro atoms.